The second-order valence-electron chi connectivity index (χ2n) is 10.9. The van der Waals surface area contributed by atoms with Crippen LogP contribution in [-0.4, -0.2) is 64.4 Å². The quantitative estimate of drug-likeness (QED) is 0.197. The molecule has 0 saturated carbocycles. The zero-order valence-electron chi connectivity index (χ0n) is 24.5. The fourth-order valence-electron chi connectivity index (χ4n) is 5.40. The lowest BCUT2D eigenvalue weighted by Crippen LogP contribution is -2.65. The van der Waals surface area contributed by atoms with Gasteiger partial charge >= 0.3 is 11.7 Å². The van der Waals surface area contributed by atoms with E-state index in [4.69, 9.17) is 29.1 Å². The minimum Gasteiger partial charge on any atom is -0.507 e. The molecule has 1 fully saturated rings. The molecule has 44 heavy (non-hydrogen) atoms. The summed E-state index contributed by atoms with van der Waals surface area (Å²) < 4.78 is 28.0. The molecule has 3 heterocycles. The fraction of sp³-hybridized carbons (Fsp3) is 0.312. The van der Waals surface area contributed by atoms with E-state index in [1.807, 2.05) is 18.2 Å². The number of aromatic hydroxyl groups is 1. The molecule has 4 N–H and O–H groups in total. The van der Waals surface area contributed by atoms with E-state index in [1.54, 1.807) is 51.2 Å². The van der Waals surface area contributed by atoms with Gasteiger partial charge in [0, 0.05) is 36.4 Å². The number of ether oxygens (including phenoxy) is 4. The molecule has 12 nitrogen and oxygen atoms in total. The number of nitrogens with zero attached hydrogens (tertiary/aromatic N) is 1. The number of Topliss-reactive ketones (excluding diaryl/α,β-unsaturated/α-hetero) is 1. The lowest BCUT2D eigenvalue weighted by Gasteiger charge is -2.47. The van der Waals surface area contributed by atoms with Crippen LogP contribution in [0.4, 0.5) is 4.79 Å². The maximum absolute atomic E-state index is 13.2. The Labute approximate surface area is 251 Å². The van der Waals surface area contributed by atoms with Crippen LogP contribution in [0.3, 0.4) is 0 Å². The summed E-state index contributed by atoms with van der Waals surface area (Å²) in [5.41, 5.74) is 5.14. The first-order valence-electron chi connectivity index (χ1n) is 13.8. The number of aliphatic hydroxyl groups is 1. The Balaban J connectivity index is 1.42. The zero-order chi connectivity index (χ0) is 31.8. The average Bonchev–Trinajstić information content (AvgIpc) is 2.99. The monoisotopic (exact) mass is 604 g/mol. The minimum absolute atomic E-state index is 0.0163. The number of benzene rings is 2. The van der Waals surface area contributed by atoms with Crippen LogP contribution in [0.5, 0.6) is 11.5 Å². The maximum Gasteiger partial charge on any atom is 0.404 e. The molecule has 0 spiro atoms. The first-order chi connectivity index (χ1) is 20.9. The molecule has 12 heteroatoms. The Hall–Kier alpha value is -4.78. The lowest BCUT2D eigenvalue weighted by molar-refractivity contribution is -0.304. The molecule has 2 aromatic carbocycles. The Morgan fingerprint density at radius 2 is 1.89 bits per heavy atom. The summed E-state index contributed by atoms with van der Waals surface area (Å²) in [5, 5.41) is 22.2. The fourth-order valence-corrected chi connectivity index (χ4v) is 5.40. The van der Waals surface area contributed by atoms with Crippen molar-refractivity contribution in [3.05, 3.63) is 87.9 Å². The molecule has 0 bridgehead atoms. The molecule has 4 atom stereocenters. The van der Waals surface area contributed by atoms with Gasteiger partial charge in [-0.2, -0.15) is 0 Å². The van der Waals surface area contributed by atoms with Gasteiger partial charge in [-0.05, 0) is 51.1 Å². The summed E-state index contributed by atoms with van der Waals surface area (Å²) in [4.78, 5) is 42.1. The Bertz CT molecular complexity index is 1770. The lowest BCUT2D eigenvalue weighted by atomic mass is 9.89. The number of amides is 1. The normalized spacial score (nSPS) is 21.1. The highest BCUT2D eigenvalue weighted by atomic mass is 16.7. The number of ketones is 1. The summed E-state index contributed by atoms with van der Waals surface area (Å²) in [6.07, 6.45) is -4.77. The van der Waals surface area contributed by atoms with Gasteiger partial charge in [-0.25, -0.2) is 9.59 Å². The number of carbonyl (C=O) groups excluding carboxylic acids is 2. The van der Waals surface area contributed by atoms with Gasteiger partial charge in [0.1, 0.15) is 23.2 Å². The number of hydrogen-bond donors (Lipinski definition) is 3. The zero-order valence-corrected chi connectivity index (χ0v) is 24.5. The van der Waals surface area contributed by atoms with E-state index in [0.29, 0.717) is 16.8 Å². The molecular formula is C32H32N2O10. The molecule has 0 radical (unpaired) electrons. The number of pyridine rings is 1. The van der Waals surface area contributed by atoms with Gasteiger partial charge in [-0.1, -0.05) is 24.3 Å². The average molecular weight is 605 g/mol. The van der Waals surface area contributed by atoms with E-state index in [-0.39, 0.29) is 22.3 Å². The number of aryl methyl sites for hydroxylation is 1. The standard InChI is InChI=1S/C32H32N2O10/c1-16-23(41-30-25(37)27(43-31(33)39)28(40-4)32(2,3)44-30)12-11-19-24(36)20(29(38)42-26(16)19)15-22(35)18-9-7-8-17(14-18)21-10-5-6-13-34-21/h5-14,25,27-28,30,36-37H,15H2,1-4H3,(H2,33,39)/t25-,27+,28-,30-/m1/s1. The summed E-state index contributed by atoms with van der Waals surface area (Å²) in [5.74, 6) is -0.633. The Morgan fingerprint density at radius 1 is 1.11 bits per heavy atom. The van der Waals surface area contributed by atoms with E-state index in [0.717, 1.165) is 5.56 Å². The van der Waals surface area contributed by atoms with Gasteiger partial charge in [0.05, 0.1) is 22.2 Å². The van der Waals surface area contributed by atoms with Crippen LogP contribution < -0.4 is 16.1 Å². The number of primary amides is 1. The van der Waals surface area contributed by atoms with Crippen LogP contribution >= 0.6 is 0 Å². The van der Waals surface area contributed by atoms with Crippen molar-refractivity contribution in [2.45, 2.75) is 57.4 Å². The van der Waals surface area contributed by atoms with Crippen molar-refractivity contribution in [1.29, 1.82) is 0 Å². The highest BCUT2D eigenvalue weighted by Gasteiger charge is 2.53. The van der Waals surface area contributed by atoms with Crippen molar-refractivity contribution in [3.8, 4) is 22.8 Å². The number of methoxy groups -OCH3 is 1. The van der Waals surface area contributed by atoms with Crippen molar-refractivity contribution in [3.63, 3.8) is 0 Å². The molecular weight excluding hydrogens is 572 g/mol. The first-order valence-corrected chi connectivity index (χ1v) is 13.8. The molecule has 0 aliphatic carbocycles. The number of fused-ring (bicyclic) bond motifs is 1. The van der Waals surface area contributed by atoms with Crippen molar-refractivity contribution in [2.75, 3.05) is 7.11 Å². The van der Waals surface area contributed by atoms with Crippen LogP contribution in [0.15, 0.2) is 70.0 Å². The molecule has 5 rings (SSSR count). The third kappa shape index (κ3) is 5.87. The molecule has 1 amide bonds. The second kappa shape index (κ2) is 12.1. The predicted octanol–water partition coefficient (Wildman–Crippen LogP) is 3.65. The van der Waals surface area contributed by atoms with Crippen LogP contribution in [0.25, 0.3) is 22.2 Å². The molecule has 1 aliphatic heterocycles. The highest BCUT2D eigenvalue weighted by Crippen LogP contribution is 2.38. The van der Waals surface area contributed by atoms with Gasteiger partial charge in [0.15, 0.2) is 18.0 Å². The van der Waals surface area contributed by atoms with Crippen molar-refractivity contribution >= 4 is 22.8 Å². The van der Waals surface area contributed by atoms with E-state index < -0.39 is 59.9 Å². The topological polar surface area (TPSA) is 181 Å². The van der Waals surface area contributed by atoms with Gasteiger partial charge in [0.2, 0.25) is 6.29 Å². The highest BCUT2D eigenvalue weighted by molar-refractivity contribution is 5.99. The molecule has 230 valence electrons. The number of aromatic nitrogens is 1. The molecule has 2 aromatic heterocycles. The Morgan fingerprint density at radius 3 is 2.57 bits per heavy atom. The van der Waals surface area contributed by atoms with E-state index in [1.165, 1.54) is 19.2 Å². The van der Waals surface area contributed by atoms with Crippen molar-refractivity contribution in [1.82, 2.24) is 4.98 Å². The van der Waals surface area contributed by atoms with Crippen LogP contribution in [0.2, 0.25) is 0 Å². The smallest absolute Gasteiger partial charge is 0.404 e. The van der Waals surface area contributed by atoms with Gasteiger partial charge in [-0.3, -0.25) is 9.78 Å². The number of carbonyl (C=O) groups is 2. The first kappa shape index (κ1) is 30.7. The molecule has 0 unspecified atom stereocenters. The second-order valence-corrected chi connectivity index (χ2v) is 10.9. The maximum atomic E-state index is 13.2. The molecule has 4 aromatic rings. The van der Waals surface area contributed by atoms with Crippen molar-refractivity contribution < 1.29 is 43.2 Å². The van der Waals surface area contributed by atoms with Crippen LogP contribution in [0, 0.1) is 6.92 Å². The van der Waals surface area contributed by atoms with Gasteiger partial charge in [-0.15, -0.1) is 0 Å². The van der Waals surface area contributed by atoms with E-state index >= 15 is 0 Å². The summed E-state index contributed by atoms with van der Waals surface area (Å²) >= 11 is 0. The Kier molecular flexibility index (Phi) is 8.42. The van der Waals surface area contributed by atoms with E-state index in [2.05, 4.69) is 4.98 Å². The summed E-state index contributed by atoms with van der Waals surface area (Å²) in [6.45, 7) is 4.93. The minimum atomic E-state index is -1.50. The number of nitrogens with two attached hydrogens (primary N) is 1. The van der Waals surface area contributed by atoms with Crippen LogP contribution in [-0.2, 0) is 20.6 Å². The van der Waals surface area contributed by atoms with Gasteiger partial charge in [0.25, 0.3) is 0 Å². The SMILES string of the molecule is CO[C@@H]1[C@@H](OC(N)=O)[C@@H](O)[C@H](Oc2ccc3c(O)c(CC(=O)c4cccc(-c5ccccn5)c4)c(=O)oc3c2C)OC1(C)C. The van der Waals surface area contributed by atoms with E-state index in [9.17, 15) is 24.6 Å². The number of aliphatic hydroxyl groups excluding tert-OH is 1. The van der Waals surface area contributed by atoms with Crippen LogP contribution in [0.1, 0.15) is 35.3 Å². The predicted molar refractivity (Wildman–Crippen MR) is 157 cm³/mol. The summed E-state index contributed by atoms with van der Waals surface area (Å²) in [6, 6.07) is 15.2. The third-order valence-electron chi connectivity index (χ3n) is 7.59. The number of hydrogen-bond acceptors (Lipinski definition) is 11. The molecule has 1 aliphatic rings. The molecule has 1 saturated heterocycles. The third-order valence-corrected chi connectivity index (χ3v) is 7.59. The number of rotatable bonds is 8. The largest absolute Gasteiger partial charge is 0.507 e. The van der Waals surface area contributed by atoms with Gasteiger partial charge < -0.3 is 39.3 Å². The summed E-state index contributed by atoms with van der Waals surface area (Å²) in [7, 11) is 1.38. The van der Waals surface area contributed by atoms with Crippen molar-refractivity contribution in [2.24, 2.45) is 5.73 Å².